The lowest BCUT2D eigenvalue weighted by molar-refractivity contribution is -0.149. The molecule has 82 valence electrons. The summed E-state index contributed by atoms with van der Waals surface area (Å²) in [7, 11) is 3.51. The lowest BCUT2D eigenvalue weighted by atomic mass is 9.90. The number of aliphatic hydroxyl groups is 1. The van der Waals surface area contributed by atoms with E-state index in [0.717, 1.165) is 6.42 Å². The van der Waals surface area contributed by atoms with Crippen LogP contribution in [0.5, 0.6) is 0 Å². The van der Waals surface area contributed by atoms with E-state index in [1.165, 1.54) is 0 Å². The zero-order valence-electron chi connectivity index (χ0n) is 9.45. The van der Waals surface area contributed by atoms with Gasteiger partial charge in [-0.25, -0.2) is 0 Å². The Morgan fingerprint density at radius 1 is 1.57 bits per heavy atom. The smallest absolute Gasteiger partial charge is 0.239 e. The summed E-state index contributed by atoms with van der Waals surface area (Å²) in [6, 6.07) is -0.114. The fraction of sp³-hybridized carbons (Fsp3) is 0.900. The van der Waals surface area contributed by atoms with E-state index in [1.54, 1.807) is 19.0 Å². The van der Waals surface area contributed by atoms with E-state index >= 15 is 0 Å². The van der Waals surface area contributed by atoms with Crippen LogP contribution in [0.2, 0.25) is 0 Å². The molecule has 1 aliphatic rings. The largest absolute Gasteiger partial charge is 0.387 e. The highest BCUT2D eigenvalue weighted by molar-refractivity contribution is 5.81. The molecule has 0 aromatic carbocycles. The molecule has 0 aliphatic carbocycles. The Morgan fingerprint density at radius 3 is 2.43 bits per heavy atom. The summed E-state index contributed by atoms with van der Waals surface area (Å²) in [6.07, 6.45) is 0.756. The molecule has 0 spiro atoms. The van der Waals surface area contributed by atoms with E-state index in [-0.39, 0.29) is 11.9 Å². The van der Waals surface area contributed by atoms with Crippen LogP contribution < -0.4 is 0 Å². The molecule has 1 rings (SSSR count). The van der Waals surface area contributed by atoms with Crippen LogP contribution in [0.3, 0.4) is 0 Å². The molecule has 1 saturated heterocycles. The van der Waals surface area contributed by atoms with Crippen LogP contribution in [-0.2, 0) is 4.79 Å². The number of carbonyl (C=O) groups is 1. The molecule has 1 unspecified atom stereocenters. The van der Waals surface area contributed by atoms with E-state index in [4.69, 9.17) is 0 Å². The number of amides is 1. The third-order valence-electron chi connectivity index (χ3n) is 3.00. The van der Waals surface area contributed by atoms with Gasteiger partial charge in [0.15, 0.2) is 0 Å². The van der Waals surface area contributed by atoms with Crippen LogP contribution in [0.15, 0.2) is 0 Å². The Hall–Kier alpha value is -0.610. The van der Waals surface area contributed by atoms with Gasteiger partial charge in [-0.1, -0.05) is 6.92 Å². The van der Waals surface area contributed by atoms with Crippen molar-refractivity contribution in [3.63, 3.8) is 0 Å². The van der Waals surface area contributed by atoms with Gasteiger partial charge in [0.25, 0.3) is 0 Å². The predicted molar refractivity (Wildman–Crippen MR) is 55.0 cm³/mol. The zero-order valence-corrected chi connectivity index (χ0v) is 9.45. The number of carbonyl (C=O) groups excluding carboxylic acids is 1. The summed E-state index contributed by atoms with van der Waals surface area (Å²) in [5.41, 5.74) is -0.555. The maximum Gasteiger partial charge on any atom is 0.239 e. The lowest BCUT2D eigenvalue weighted by Crippen LogP contribution is -2.65. The first-order valence-corrected chi connectivity index (χ1v) is 5.07. The van der Waals surface area contributed by atoms with Gasteiger partial charge in [-0.2, -0.15) is 0 Å². The van der Waals surface area contributed by atoms with Crippen molar-refractivity contribution >= 4 is 5.91 Å². The first-order valence-electron chi connectivity index (χ1n) is 5.07. The van der Waals surface area contributed by atoms with Gasteiger partial charge in [-0.15, -0.1) is 0 Å². The number of rotatable bonds is 3. The SMILES string of the molecule is CCC1(O)CN(C(C)C(=O)N(C)C)C1. The van der Waals surface area contributed by atoms with Crippen molar-refractivity contribution in [2.75, 3.05) is 27.2 Å². The van der Waals surface area contributed by atoms with E-state index in [9.17, 15) is 9.90 Å². The van der Waals surface area contributed by atoms with Crippen LogP contribution in [0, 0.1) is 0 Å². The summed E-state index contributed by atoms with van der Waals surface area (Å²) < 4.78 is 0. The molecular formula is C10H20N2O2. The standard InChI is InChI=1S/C10H20N2O2/c1-5-10(14)6-12(7-10)8(2)9(13)11(3)4/h8,14H,5-7H2,1-4H3. The molecule has 1 atom stereocenters. The van der Waals surface area contributed by atoms with Crippen LogP contribution in [0.4, 0.5) is 0 Å². The lowest BCUT2D eigenvalue weighted by Gasteiger charge is -2.48. The second-order valence-corrected chi connectivity index (χ2v) is 4.39. The minimum Gasteiger partial charge on any atom is -0.387 e. The first kappa shape index (κ1) is 11.5. The van der Waals surface area contributed by atoms with E-state index in [2.05, 4.69) is 0 Å². The molecule has 1 N–H and O–H groups in total. The number of hydrogen-bond acceptors (Lipinski definition) is 3. The first-order chi connectivity index (χ1) is 6.39. The van der Waals surface area contributed by atoms with Crippen LogP contribution in [-0.4, -0.2) is 59.6 Å². The summed E-state index contributed by atoms with van der Waals surface area (Å²) >= 11 is 0. The van der Waals surface area contributed by atoms with Crippen molar-refractivity contribution in [2.45, 2.75) is 31.9 Å². The Kier molecular flexibility index (Phi) is 3.17. The molecule has 0 bridgehead atoms. The van der Waals surface area contributed by atoms with Crippen molar-refractivity contribution in [3.05, 3.63) is 0 Å². The van der Waals surface area contributed by atoms with Crippen molar-refractivity contribution in [1.29, 1.82) is 0 Å². The molecule has 0 aromatic heterocycles. The van der Waals surface area contributed by atoms with Gasteiger partial charge in [-0.3, -0.25) is 9.69 Å². The molecule has 0 radical (unpaired) electrons. The van der Waals surface area contributed by atoms with Gasteiger partial charge in [-0.05, 0) is 13.3 Å². The Morgan fingerprint density at radius 2 is 2.07 bits per heavy atom. The highest BCUT2D eigenvalue weighted by Gasteiger charge is 2.43. The molecule has 0 saturated carbocycles. The van der Waals surface area contributed by atoms with Crippen molar-refractivity contribution in [3.8, 4) is 0 Å². The van der Waals surface area contributed by atoms with Gasteiger partial charge in [0, 0.05) is 27.2 Å². The molecule has 1 fully saturated rings. The fourth-order valence-corrected chi connectivity index (χ4v) is 1.74. The predicted octanol–water partition coefficient (Wildman–Crippen LogP) is -0.0802. The quantitative estimate of drug-likeness (QED) is 0.693. The third-order valence-corrected chi connectivity index (χ3v) is 3.00. The maximum absolute atomic E-state index is 11.6. The molecule has 4 nitrogen and oxygen atoms in total. The molecule has 0 aromatic rings. The molecule has 1 heterocycles. The topological polar surface area (TPSA) is 43.8 Å². The zero-order chi connectivity index (χ0) is 10.9. The minimum absolute atomic E-state index is 0.100. The van der Waals surface area contributed by atoms with Gasteiger partial charge >= 0.3 is 0 Å². The average molecular weight is 200 g/mol. The monoisotopic (exact) mass is 200 g/mol. The van der Waals surface area contributed by atoms with E-state index in [0.29, 0.717) is 13.1 Å². The Balaban J connectivity index is 2.44. The number of likely N-dealkylation sites (N-methyl/N-ethyl adjacent to an activating group) is 1. The Labute approximate surface area is 85.5 Å². The highest BCUT2D eigenvalue weighted by Crippen LogP contribution is 2.26. The van der Waals surface area contributed by atoms with E-state index < -0.39 is 5.60 Å². The van der Waals surface area contributed by atoms with Gasteiger partial charge in [0.2, 0.25) is 5.91 Å². The van der Waals surface area contributed by atoms with Crippen LogP contribution in [0.25, 0.3) is 0 Å². The molecule has 1 amide bonds. The number of nitrogens with zero attached hydrogens (tertiary/aromatic N) is 2. The second-order valence-electron chi connectivity index (χ2n) is 4.39. The minimum atomic E-state index is -0.555. The number of β-amino-alcohol motifs (C(OH)–C–C–N with tert-alkyl or cyclic N) is 1. The van der Waals surface area contributed by atoms with Crippen molar-refractivity contribution < 1.29 is 9.90 Å². The maximum atomic E-state index is 11.6. The molecule has 4 heteroatoms. The fourth-order valence-electron chi connectivity index (χ4n) is 1.74. The summed E-state index contributed by atoms with van der Waals surface area (Å²) in [6.45, 7) is 5.09. The Bertz CT molecular complexity index is 222. The summed E-state index contributed by atoms with van der Waals surface area (Å²) in [4.78, 5) is 15.2. The highest BCUT2D eigenvalue weighted by atomic mass is 16.3. The van der Waals surface area contributed by atoms with Crippen molar-refractivity contribution in [1.82, 2.24) is 9.80 Å². The average Bonchev–Trinajstić information content (AvgIpc) is 2.10. The third kappa shape index (κ3) is 2.07. The number of hydrogen-bond donors (Lipinski definition) is 1. The normalized spacial score (nSPS) is 22.6. The number of likely N-dealkylation sites (tertiary alicyclic amines) is 1. The second kappa shape index (κ2) is 3.87. The molecular weight excluding hydrogens is 180 g/mol. The molecule has 14 heavy (non-hydrogen) atoms. The van der Waals surface area contributed by atoms with Gasteiger partial charge < -0.3 is 10.0 Å². The molecule has 1 aliphatic heterocycles. The van der Waals surface area contributed by atoms with Crippen molar-refractivity contribution in [2.24, 2.45) is 0 Å². The van der Waals surface area contributed by atoms with E-state index in [1.807, 2.05) is 18.7 Å². The van der Waals surface area contributed by atoms with Gasteiger partial charge in [0.1, 0.15) is 0 Å². The van der Waals surface area contributed by atoms with Crippen LogP contribution in [0.1, 0.15) is 20.3 Å². The van der Waals surface area contributed by atoms with Crippen LogP contribution >= 0.6 is 0 Å². The summed E-state index contributed by atoms with van der Waals surface area (Å²) in [5, 5.41) is 9.79. The summed E-state index contributed by atoms with van der Waals surface area (Å²) in [5.74, 6) is 0.100. The van der Waals surface area contributed by atoms with Gasteiger partial charge in [0.05, 0.1) is 11.6 Å².